The van der Waals surface area contributed by atoms with E-state index in [-0.39, 0.29) is 12.3 Å². The van der Waals surface area contributed by atoms with Gasteiger partial charge in [0.2, 0.25) is 0 Å². The second-order valence-electron chi connectivity index (χ2n) is 5.49. The molecule has 0 radical (unpaired) electrons. The fourth-order valence-electron chi connectivity index (χ4n) is 2.42. The van der Waals surface area contributed by atoms with Crippen LogP contribution in [0.2, 0.25) is 0 Å². The van der Waals surface area contributed by atoms with Crippen LogP contribution in [0.5, 0.6) is 5.75 Å². The first kappa shape index (κ1) is 17.5. The van der Waals surface area contributed by atoms with Crippen molar-refractivity contribution in [3.05, 3.63) is 65.6 Å². The molecule has 134 valence electrons. The molecule has 0 saturated carbocycles. The number of rotatable bonds is 5. The predicted molar refractivity (Wildman–Crippen MR) is 88.4 cm³/mol. The third-order valence-electron chi connectivity index (χ3n) is 3.72. The number of amides is 1. The third-order valence-corrected chi connectivity index (χ3v) is 3.72. The number of pyridine rings is 1. The van der Waals surface area contributed by atoms with Crippen molar-refractivity contribution in [3.8, 4) is 17.1 Å². The van der Waals surface area contributed by atoms with E-state index in [1.807, 2.05) is 6.07 Å². The number of nitrogens with zero attached hydrogens (tertiary/aromatic N) is 3. The summed E-state index contributed by atoms with van der Waals surface area (Å²) in [6, 6.07) is 9.09. The molecule has 0 aliphatic carbocycles. The summed E-state index contributed by atoms with van der Waals surface area (Å²) in [5.41, 5.74) is 0.657. The molecule has 1 amide bonds. The van der Waals surface area contributed by atoms with E-state index in [2.05, 4.69) is 10.1 Å². The van der Waals surface area contributed by atoms with Crippen LogP contribution in [-0.4, -0.2) is 35.1 Å². The Morgan fingerprint density at radius 3 is 2.73 bits per heavy atom. The molecule has 0 aliphatic heterocycles. The topological polar surface area (TPSA) is 68.5 Å². The third kappa shape index (κ3) is 3.39. The molecule has 3 rings (SSSR count). The molecule has 0 aliphatic rings. The van der Waals surface area contributed by atoms with Crippen LogP contribution in [0.25, 0.3) is 11.4 Å². The average Bonchev–Trinajstić information content (AvgIpc) is 3.12. The Hall–Kier alpha value is -3.29. The van der Waals surface area contributed by atoms with E-state index in [1.165, 1.54) is 25.1 Å². The van der Waals surface area contributed by atoms with Crippen molar-refractivity contribution in [2.45, 2.75) is 6.54 Å². The maximum Gasteiger partial charge on any atom is 0.260 e. The zero-order valence-corrected chi connectivity index (χ0v) is 14.1. The highest BCUT2D eigenvalue weighted by Gasteiger charge is 2.25. The van der Waals surface area contributed by atoms with Gasteiger partial charge < -0.3 is 14.2 Å². The van der Waals surface area contributed by atoms with Crippen LogP contribution in [0, 0.1) is 11.6 Å². The van der Waals surface area contributed by atoms with Crippen molar-refractivity contribution in [2.24, 2.45) is 0 Å². The van der Waals surface area contributed by atoms with E-state index in [0.29, 0.717) is 17.1 Å². The van der Waals surface area contributed by atoms with Gasteiger partial charge in [0.1, 0.15) is 17.0 Å². The van der Waals surface area contributed by atoms with Crippen LogP contribution < -0.4 is 4.74 Å². The molecule has 0 fully saturated rings. The minimum Gasteiger partial charge on any atom is -0.496 e. The quantitative estimate of drug-likeness (QED) is 0.699. The Bertz CT molecular complexity index is 929. The summed E-state index contributed by atoms with van der Waals surface area (Å²) in [5.74, 6) is -2.80. The maximum atomic E-state index is 14.1. The number of carbonyl (C=O) groups is 1. The van der Waals surface area contributed by atoms with Crippen LogP contribution in [0.4, 0.5) is 8.78 Å². The lowest BCUT2D eigenvalue weighted by Gasteiger charge is -2.17. The maximum absolute atomic E-state index is 14.1. The van der Waals surface area contributed by atoms with Crippen LogP contribution in [0.15, 0.2) is 47.1 Å². The molecule has 0 bridgehead atoms. The minimum atomic E-state index is -1.26. The molecule has 1 aromatic carbocycles. The van der Waals surface area contributed by atoms with Crippen molar-refractivity contribution >= 4 is 5.91 Å². The molecule has 0 unspecified atom stereocenters. The van der Waals surface area contributed by atoms with Crippen molar-refractivity contribution in [1.29, 1.82) is 0 Å². The van der Waals surface area contributed by atoms with Gasteiger partial charge in [0.25, 0.3) is 5.91 Å². The first-order chi connectivity index (χ1) is 12.5. The number of methoxy groups -OCH3 is 1. The first-order valence-electron chi connectivity index (χ1n) is 7.65. The van der Waals surface area contributed by atoms with Gasteiger partial charge in [0, 0.05) is 19.3 Å². The number of hydrogen-bond donors (Lipinski definition) is 0. The van der Waals surface area contributed by atoms with Crippen LogP contribution >= 0.6 is 0 Å². The number of ether oxygens (including phenoxy) is 1. The van der Waals surface area contributed by atoms with Crippen LogP contribution in [0.3, 0.4) is 0 Å². The normalized spacial score (nSPS) is 10.6. The highest BCUT2D eigenvalue weighted by molar-refractivity contribution is 5.97. The fraction of sp³-hybridized carbons (Fsp3) is 0.167. The summed E-state index contributed by atoms with van der Waals surface area (Å²) in [7, 11) is 2.72. The highest BCUT2D eigenvalue weighted by atomic mass is 19.2. The van der Waals surface area contributed by atoms with Crippen molar-refractivity contribution in [2.75, 3.05) is 14.2 Å². The molecule has 2 aromatic heterocycles. The van der Waals surface area contributed by atoms with E-state index < -0.39 is 23.1 Å². The minimum absolute atomic E-state index is 0.0117. The van der Waals surface area contributed by atoms with Gasteiger partial charge in [-0.1, -0.05) is 11.2 Å². The number of benzene rings is 1. The number of aromatic nitrogens is 2. The van der Waals surface area contributed by atoms with Gasteiger partial charge in [-0.25, -0.2) is 8.78 Å². The molecule has 8 heteroatoms. The lowest BCUT2D eigenvalue weighted by atomic mass is 10.1. The lowest BCUT2D eigenvalue weighted by Crippen LogP contribution is -2.27. The highest BCUT2D eigenvalue weighted by Crippen LogP contribution is 2.26. The second-order valence-corrected chi connectivity index (χ2v) is 5.49. The summed E-state index contributed by atoms with van der Waals surface area (Å²) >= 11 is 0. The predicted octanol–water partition coefficient (Wildman–Crippen LogP) is 3.30. The Morgan fingerprint density at radius 1 is 1.23 bits per heavy atom. The van der Waals surface area contributed by atoms with Gasteiger partial charge in [-0.3, -0.25) is 9.78 Å². The van der Waals surface area contributed by atoms with E-state index >= 15 is 0 Å². The molecule has 26 heavy (non-hydrogen) atoms. The first-order valence-corrected chi connectivity index (χ1v) is 7.65. The molecular weight excluding hydrogens is 344 g/mol. The van der Waals surface area contributed by atoms with Gasteiger partial charge in [-0.2, -0.15) is 0 Å². The van der Waals surface area contributed by atoms with Crippen molar-refractivity contribution in [1.82, 2.24) is 15.0 Å². The van der Waals surface area contributed by atoms with E-state index in [0.717, 1.165) is 6.07 Å². The zero-order valence-electron chi connectivity index (χ0n) is 14.1. The van der Waals surface area contributed by atoms with Crippen molar-refractivity contribution < 1.29 is 22.8 Å². The molecule has 6 nitrogen and oxygen atoms in total. The molecule has 2 heterocycles. The number of carbonyl (C=O) groups excluding carboxylic acids is 1. The SMILES string of the molecule is COc1ccc(F)c(F)c1C(=O)N(C)Cc1cc(-c2ccccn2)no1. The monoisotopic (exact) mass is 359 g/mol. The number of halogens is 2. The molecule has 0 atom stereocenters. The summed E-state index contributed by atoms with van der Waals surface area (Å²) in [5, 5.41) is 3.90. The number of hydrogen-bond acceptors (Lipinski definition) is 5. The van der Waals surface area contributed by atoms with Crippen LogP contribution in [-0.2, 0) is 6.54 Å². The standard InChI is InChI=1S/C18H15F2N3O3/c1-23(18(24)16-15(25-2)7-6-12(19)17(16)20)10-11-9-14(22-26-11)13-5-3-4-8-21-13/h3-9H,10H2,1-2H3. The molecule has 0 saturated heterocycles. The summed E-state index contributed by atoms with van der Waals surface area (Å²) < 4.78 is 37.7. The summed E-state index contributed by atoms with van der Waals surface area (Å²) in [4.78, 5) is 17.9. The van der Waals surface area contributed by atoms with Gasteiger partial charge in [-0.15, -0.1) is 0 Å². The van der Waals surface area contributed by atoms with Gasteiger partial charge in [0.15, 0.2) is 17.4 Å². The van der Waals surface area contributed by atoms with Crippen LogP contribution in [0.1, 0.15) is 16.1 Å². The Labute approximate surface area is 148 Å². The largest absolute Gasteiger partial charge is 0.496 e. The molecule has 0 spiro atoms. The van der Waals surface area contributed by atoms with E-state index in [4.69, 9.17) is 9.26 Å². The van der Waals surface area contributed by atoms with Gasteiger partial charge >= 0.3 is 0 Å². The average molecular weight is 359 g/mol. The van der Waals surface area contributed by atoms with Gasteiger partial charge in [-0.05, 0) is 24.3 Å². The Balaban J connectivity index is 1.81. The molecule has 0 N–H and O–H groups in total. The Morgan fingerprint density at radius 2 is 2.04 bits per heavy atom. The lowest BCUT2D eigenvalue weighted by molar-refractivity contribution is 0.0762. The van der Waals surface area contributed by atoms with E-state index in [9.17, 15) is 13.6 Å². The van der Waals surface area contributed by atoms with Crippen molar-refractivity contribution in [3.63, 3.8) is 0 Å². The molecular formula is C18H15F2N3O3. The van der Waals surface area contributed by atoms with Gasteiger partial charge in [0.05, 0.1) is 19.3 Å². The smallest absolute Gasteiger partial charge is 0.260 e. The Kier molecular flexibility index (Phi) is 4.92. The summed E-state index contributed by atoms with van der Waals surface area (Å²) in [6.07, 6.45) is 1.62. The zero-order chi connectivity index (χ0) is 18.7. The second kappa shape index (κ2) is 7.30. The van der Waals surface area contributed by atoms with E-state index in [1.54, 1.807) is 24.4 Å². The molecule has 3 aromatic rings. The summed E-state index contributed by atoms with van der Waals surface area (Å²) in [6.45, 7) is 0.0117. The fourth-order valence-corrected chi connectivity index (χ4v) is 2.42.